The van der Waals surface area contributed by atoms with Crippen LogP contribution < -0.4 is 10.5 Å². The molecule has 0 amide bonds. The van der Waals surface area contributed by atoms with E-state index in [4.69, 9.17) is 10.5 Å². The van der Waals surface area contributed by atoms with E-state index in [1.54, 1.807) is 7.11 Å². The van der Waals surface area contributed by atoms with Crippen molar-refractivity contribution >= 4 is 0 Å². The molecule has 1 aromatic rings. The van der Waals surface area contributed by atoms with E-state index in [1.165, 1.54) is 37.7 Å². The first-order valence-electron chi connectivity index (χ1n) is 7.47. The minimum absolute atomic E-state index is 0.0912. The average Bonchev–Trinajstić information content (AvgIpc) is 2.86. The van der Waals surface area contributed by atoms with Crippen LogP contribution in [0.2, 0.25) is 0 Å². The second kappa shape index (κ2) is 5.96. The van der Waals surface area contributed by atoms with Crippen LogP contribution in [0.3, 0.4) is 0 Å². The fourth-order valence-corrected chi connectivity index (χ4v) is 3.79. The maximum absolute atomic E-state index is 6.68. The van der Waals surface area contributed by atoms with Crippen molar-refractivity contribution in [2.75, 3.05) is 7.11 Å². The highest BCUT2D eigenvalue weighted by Gasteiger charge is 2.41. The number of hydrogen-bond donors (Lipinski definition) is 1. The Morgan fingerprint density at radius 1 is 1.21 bits per heavy atom. The highest BCUT2D eigenvalue weighted by atomic mass is 16.5. The third-order valence-electron chi connectivity index (χ3n) is 4.55. The fraction of sp³-hybridized carbons (Fsp3) is 0.647. The van der Waals surface area contributed by atoms with Gasteiger partial charge in [0.05, 0.1) is 7.11 Å². The minimum atomic E-state index is 0.0912. The maximum atomic E-state index is 6.68. The molecule has 0 radical (unpaired) electrons. The Morgan fingerprint density at radius 2 is 1.84 bits per heavy atom. The highest BCUT2D eigenvalue weighted by Crippen LogP contribution is 2.51. The molecule has 0 saturated heterocycles. The molecule has 1 fully saturated rings. The lowest BCUT2D eigenvalue weighted by Gasteiger charge is -2.37. The number of rotatable bonds is 5. The first-order chi connectivity index (χ1) is 9.09. The smallest absolute Gasteiger partial charge is 0.123 e. The molecule has 2 heteroatoms. The van der Waals surface area contributed by atoms with Gasteiger partial charge in [-0.25, -0.2) is 0 Å². The third-order valence-corrected chi connectivity index (χ3v) is 4.55. The topological polar surface area (TPSA) is 35.2 Å². The molecule has 0 bridgehead atoms. The predicted molar refractivity (Wildman–Crippen MR) is 80.3 cm³/mol. The molecule has 0 aromatic heterocycles. The molecular weight excluding hydrogens is 234 g/mol. The second-order valence-electron chi connectivity index (χ2n) is 6.39. The zero-order valence-corrected chi connectivity index (χ0v) is 12.5. The molecule has 0 spiro atoms. The lowest BCUT2D eigenvalue weighted by Crippen LogP contribution is -2.33. The summed E-state index contributed by atoms with van der Waals surface area (Å²) in [4.78, 5) is 0. The van der Waals surface area contributed by atoms with E-state index in [1.807, 2.05) is 12.1 Å². The summed E-state index contributed by atoms with van der Waals surface area (Å²) in [5.74, 6) is 1.63. The molecule has 2 nitrogen and oxygen atoms in total. The van der Waals surface area contributed by atoms with Crippen LogP contribution in [0.1, 0.15) is 57.6 Å². The standard InChI is InChI=1S/C17H27NO/c1-13(2)12-17(10-6-7-11-17)16(18)14-8-4-5-9-15(14)19-3/h4-5,8-9,13,16H,6-7,10-12,18H2,1-3H3. The van der Waals surface area contributed by atoms with E-state index < -0.39 is 0 Å². The van der Waals surface area contributed by atoms with Crippen LogP contribution in [0, 0.1) is 11.3 Å². The molecule has 1 aromatic carbocycles. The molecule has 1 saturated carbocycles. The summed E-state index contributed by atoms with van der Waals surface area (Å²) in [6, 6.07) is 8.32. The zero-order chi connectivity index (χ0) is 13.9. The van der Waals surface area contributed by atoms with Crippen LogP contribution in [0.15, 0.2) is 24.3 Å². The van der Waals surface area contributed by atoms with Gasteiger partial charge in [0, 0.05) is 11.6 Å². The van der Waals surface area contributed by atoms with Gasteiger partial charge in [0.2, 0.25) is 0 Å². The Kier molecular flexibility index (Phi) is 4.51. The van der Waals surface area contributed by atoms with Gasteiger partial charge in [-0.2, -0.15) is 0 Å². The van der Waals surface area contributed by atoms with Crippen molar-refractivity contribution in [2.24, 2.45) is 17.1 Å². The van der Waals surface area contributed by atoms with Gasteiger partial charge in [-0.15, -0.1) is 0 Å². The number of para-hydroxylation sites is 1. The monoisotopic (exact) mass is 261 g/mol. The van der Waals surface area contributed by atoms with E-state index >= 15 is 0 Å². The minimum Gasteiger partial charge on any atom is -0.496 e. The SMILES string of the molecule is COc1ccccc1C(N)C1(CC(C)C)CCCC1. The van der Waals surface area contributed by atoms with Gasteiger partial charge >= 0.3 is 0 Å². The van der Waals surface area contributed by atoms with Crippen LogP contribution in [-0.4, -0.2) is 7.11 Å². The summed E-state index contributed by atoms with van der Waals surface area (Å²) < 4.78 is 5.50. The van der Waals surface area contributed by atoms with Crippen molar-refractivity contribution in [1.82, 2.24) is 0 Å². The van der Waals surface area contributed by atoms with Crippen molar-refractivity contribution in [3.05, 3.63) is 29.8 Å². The summed E-state index contributed by atoms with van der Waals surface area (Å²) in [5.41, 5.74) is 8.12. The molecule has 1 atom stereocenters. The number of ether oxygens (including phenoxy) is 1. The Bertz CT molecular complexity index is 407. The first-order valence-corrected chi connectivity index (χ1v) is 7.47. The fourth-order valence-electron chi connectivity index (χ4n) is 3.79. The Labute approximate surface area is 117 Å². The number of benzene rings is 1. The molecule has 0 aliphatic heterocycles. The Morgan fingerprint density at radius 3 is 2.42 bits per heavy atom. The largest absolute Gasteiger partial charge is 0.496 e. The number of nitrogens with two attached hydrogens (primary N) is 1. The maximum Gasteiger partial charge on any atom is 0.123 e. The van der Waals surface area contributed by atoms with E-state index in [9.17, 15) is 0 Å². The van der Waals surface area contributed by atoms with Gasteiger partial charge in [-0.1, -0.05) is 44.9 Å². The van der Waals surface area contributed by atoms with E-state index in [0.717, 1.165) is 5.75 Å². The van der Waals surface area contributed by atoms with E-state index in [0.29, 0.717) is 5.92 Å². The van der Waals surface area contributed by atoms with Gasteiger partial charge in [0.1, 0.15) is 5.75 Å². The van der Waals surface area contributed by atoms with E-state index in [2.05, 4.69) is 26.0 Å². The lowest BCUT2D eigenvalue weighted by atomic mass is 9.70. The lowest BCUT2D eigenvalue weighted by molar-refractivity contribution is 0.181. The second-order valence-corrected chi connectivity index (χ2v) is 6.39. The van der Waals surface area contributed by atoms with Gasteiger partial charge in [-0.3, -0.25) is 0 Å². The van der Waals surface area contributed by atoms with E-state index in [-0.39, 0.29) is 11.5 Å². The summed E-state index contributed by atoms with van der Waals surface area (Å²) in [7, 11) is 1.73. The van der Waals surface area contributed by atoms with Crippen molar-refractivity contribution in [1.29, 1.82) is 0 Å². The zero-order valence-electron chi connectivity index (χ0n) is 12.5. The van der Waals surface area contributed by atoms with Crippen molar-refractivity contribution in [2.45, 2.75) is 52.0 Å². The summed E-state index contributed by atoms with van der Waals surface area (Å²) >= 11 is 0. The normalized spacial score (nSPS) is 19.6. The third kappa shape index (κ3) is 2.94. The average molecular weight is 261 g/mol. The van der Waals surface area contributed by atoms with Gasteiger partial charge < -0.3 is 10.5 Å². The van der Waals surface area contributed by atoms with Crippen LogP contribution in [0.4, 0.5) is 0 Å². The molecule has 2 N–H and O–H groups in total. The molecular formula is C17H27NO. The Hall–Kier alpha value is -1.02. The molecule has 19 heavy (non-hydrogen) atoms. The molecule has 1 aliphatic carbocycles. The predicted octanol–water partition coefficient (Wildman–Crippen LogP) is 4.30. The molecule has 1 unspecified atom stereocenters. The Balaban J connectivity index is 2.31. The summed E-state index contributed by atoms with van der Waals surface area (Å²) in [6.07, 6.45) is 6.35. The van der Waals surface area contributed by atoms with Gasteiger partial charge in [0.25, 0.3) is 0 Å². The number of hydrogen-bond acceptors (Lipinski definition) is 2. The van der Waals surface area contributed by atoms with Crippen LogP contribution in [-0.2, 0) is 0 Å². The molecule has 106 valence electrons. The van der Waals surface area contributed by atoms with Crippen molar-refractivity contribution in [3.8, 4) is 5.75 Å². The summed E-state index contributed by atoms with van der Waals surface area (Å²) in [5, 5.41) is 0. The van der Waals surface area contributed by atoms with Crippen LogP contribution in [0.25, 0.3) is 0 Å². The van der Waals surface area contributed by atoms with Gasteiger partial charge in [0.15, 0.2) is 0 Å². The van der Waals surface area contributed by atoms with Crippen molar-refractivity contribution < 1.29 is 4.74 Å². The highest BCUT2D eigenvalue weighted by molar-refractivity contribution is 5.37. The summed E-state index contributed by atoms with van der Waals surface area (Å²) in [6.45, 7) is 4.60. The molecule has 0 heterocycles. The van der Waals surface area contributed by atoms with Crippen LogP contribution in [0.5, 0.6) is 5.75 Å². The number of methoxy groups -OCH3 is 1. The quantitative estimate of drug-likeness (QED) is 0.857. The molecule has 2 rings (SSSR count). The van der Waals surface area contributed by atoms with Crippen molar-refractivity contribution in [3.63, 3.8) is 0 Å². The first kappa shape index (κ1) is 14.4. The van der Waals surface area contributed by atoms with Crippen LogP contribution >= 0.6 is 0 Å². The van der Waals surface area contributed by atoms with Gasteiger partial charge in [-0.05, 0) is 36.7 Å². The molecule has 1 aliphatic rings.